The summed E-state index contributed by atoms with van der Waals surface area (Å²) < 4.78 is 30.1. The van der Waals surface area contributed by atoms with E-state index < -0.39 is 7.82 Å². The van der Waals surface area contributed by atoms with Crippen LogP contribution in [0.4, 0.5) is 0 Å². The molecule has 1 N–H and O–H groups in total. The summed E-state index contributed by atoms with van der Waals surface area (Å²) in [5.41, 5.74) is 2.76. The number of aryl methyl sites for hydroxylation is 3. The van der Waals surface area contributed by atoms with Crippen molar-refractivity contribution in [2.24, 2.45) is 0 Å². The lowest BCUT2D eigenvalue weighted by molar-refractivity contribution is 0.298. The van der Waals surface area contributed by atoms with Gasteiger partial charge < -0.3 is 18.7 Å². The van der Waals surface area contributed by atoms with Gasteiger partial charge in [-0.25, -0.2) is 0 Å². The van der Waals surface area contributed by atoms with Crippen molar-refractivity contribution in [1.29, 1.82) is 0 Å². The third kappa shape index (κ3) is 5.05. The fourth-order valence-electron chi connectivity index (χ4n) is 2.29. The van der Waals surface area contributed by atoms with Gasteiger partial charge in [0.05, 0.1) is 0 Å². The quantitative estimate of drug-likeness (QED) is 0.531. The molecule has 5 nitrogen and oxygen atoms in total. The Kier molecular flexibility index (Phi) is 5.43. The average molecular weight is 384 g/mol. The minimum Gasteiger partial charge on any atom is -0.508 e. The lowest BCUT2D eigenvalue weighted by Crippen LogP contribution is -2.07. The molecule has 0 heterocycles. The van der Waals surface area contributed by atoms with Crippen LogP contribution >= 0.6 is 7.82 Å². The predicted molar refractivity (Wildman–Crippen MR) is 105 cm³/mol. The van der Waals surface area contributed by atoms with Crippen LogP contribution in [0.1, 0.15) is 16.7 Å². The SMILES string of the molecule is Cc1ccc(OP(=O)(Oc2ccc(C)cc2)Oc2ccc(C)c(O)c2)cc1. The Morgan fingerprint density at radius 3 is 1.52 bits per heavy atom. The molecule has 140 valence electrons. The molecule has 0 saturated heterocycles. The van der Waals surface area contributed by atoms with Gasteiger partial charge in [-0.1, -0.05) is 41.5 Å². The van der Waals surface area contributed by atoms with E-state index in [4.69, 9.17) is 13.6 Å². The normalized spacial score (nSPS) is 11.1. The fourth-order valence-corrected chi connectivity index (χ4v) is 3.53. The van der Waals surface area contributed by atoms with Gasteiger partial charge in [-0.3, -0.25) is 0 Å². The second-order valence-electron chi connectivity index (χ2n) is 6.30. The van der Waals surface area contributed by atoms with Crippen LogP contribution in [0.3, 0.4) is 0 Å². The van der Waals surface area contributed by atoms with Crippen LogP contribution in [-0.2, 0) is 4.57 Å². The molecule has 0 aromatic heterocycles. The highest BCUT2D eigenvalue weighted by Crippen LogP contribution is 2.50. The first kappa shape index (κ1) is 18.9. The van der Waals surface area contributed by atoms with Gasteiger partial charge in [0.2, 0.25) is 0 Å². The molecule has 3 aromatic carbocycles. The van der Waals surface area contributed by atoms with Crippen LogP contribution in [0, 0.1) is 20.8 Å². The van der Waals surface area contributed by atoms with E-state index in [1.54, 1.807) is 43.3 Å². The minimum atomic E-state index is -4.06. The van der Waals surface area contributed by atoms with Crippen LogP contribution in [0.5, 0.6) is 23.0 Å². The topological polar surface area (TPSA) is 65.0 Å². The standard InChI is InChI=1S/C21H21O5P/c1-15-4-9-18(10-5-15)24-27(23,25-19-11-6-16(2)7-12-19)26-20-13-8-17(3)21(22)14-20/h4-14,22H,1-3H3. The number of phenolic OH excluding ortho intramolecular Hbond substituents is 1. The van der Waals surface area contributed by atoms with Crippen molar-refractivity contribution in [1.82, 2.24) is 0 Å². The van der Waals surface area contributed by atoms with E-state index in [0.717, 1.165) is 11.1 Å². The Balaban J connectivity index is 1.90. The highest BCUT2D eigenvalue weighted by atomic mass is 31.2. The zero-order valence-corrected chi connectivity index (χ0v) is 16.3. The predicted octanol–water partition coefficient (Wildman–Crippen LogP) is 5.96. The van der Waals surface area contributed by atoms with Crippen LogP contribution in [-0.4, -0.2) is 5.11 Å². The fraction of sp³-hybridized carbons (Fsp3) is 0.143. The van der Waals surface area contributed by atoms with Crippen LogP contribution in [0.2, 0.25) is 0 Å². The maximum atomic E-state index is 13.3. The number of hydrogen-bond acceptors (Lipinski definition) is 5. The summed E-state index contributed by atoms with van der Waals surface area (Å²) >= 11 is 0. The largest absolute Gasteiger partial charge is 0.647 e. The van der Waals surface area contributed by atoms with Crippen molar-refractivity contribution in [3.63, 3.8) is 0 Å². The van der Waals surface area contributed by atoms with Crippen LogP contribution < -0.4 is 13.6 Å². The molecular formula is C21H21O5P. The Morgan fingerprint density at radius 2 is 1.07 bits per heavy atom. The second-order valence-corrected chi connectivity index (χ2v) is 7.74. The molecule has 3 aromatic rings. The van der Waals surface area contributed by atoms with Crippen molar-refractivity contribution in [2.75, 3.05) is 0 Å². The Bertz CT molecular complexity index is 913. The number of benzene rings is 3. The van der Waals surface area contributed by atoms with Crippen LogP contribution in [0.25, 0.3) is 0 Å². The first-order valence-electron chi connectivity index (χ1n) is 8.45. The average Bonchev–Trinajstić information content (AvgIpc) is 2.62. The molecule has 0 aliphatic heterocycles. The maximum absolute atomic E-state index is 13.3. The van der Waals surface area contributed by atoms with Gasteiger partial charge in [0, 0.05) is 6.07 Å². The van der Waals surface area contributed by atoms with Gasteiger partial charge in [0.25, 0.3) is 0 Å². The van der Waals surface area contributed by atoms with E-state index in [-0.39, 0.29) is 11.5 Å². The molecule has 0 radical (unpaired) electrons. The monoisotopic (exact) mass is 384 g/mol. The highest BCUT2D eigenvalue weighted by molar-refractivity contribution is 7.49. The number of hydrogen-bond donors (Lipinski definition) is 1. The van der Waals surface area contributed by atoms with E-state index in [9.17, 15) is 9.67 Å². The number of phenols is 1. The van der Waals surface area contributed by atoms with E-state index in [0.29, 0.717) is 17.1 Å². The first-order valence-corrected chi connectivity index (χ1v) is 9.91. The second kappa shape index (κ2) is 7.77. The van der Waals surface area contributed by atoms with Crippen molar-refractivity contribution in [3.8, 4) is 23.0 Å². The number of aromatic hydroxyl groups is 1. The minimum absolute atomic E-state index is 0.0321. The molecule has 0 aliphatic rings. The summed E-state index contributed by atoms with van der Waals surface area (Å²) in [6, 6.07) is 18.7. The maximum Gasteiger partial charge on any atom is 0.647 e. The molecule has 0 fully saturated rings. The third-order valence-corrected chi connectivity index (χ3v) is 5.18. The zero-order chi connectivity index (χ0) is 19.4. The Morgan fingerprint density at radius 1 is 0.667 bits per heavy atom. The molecule has 0 unspecified atom stereocenters. The smallest absolute Gasteiger partial charge is 0.508 e. The van der Waals surface area contributed by atoms with Crippen LogP contribution in [0.15, 0.2) is 66.7 Å². The van der Waals surface area contributed by atoms with Gasteiger partial charge >= 0.3 is 7.82 Å². The van der Waals surface area contributed by atoms with Crippen molar-refractivity contribution in [2.45, 2.75) is 20.8 Å². The Labute approximate surface area is 158 Å². The number of rotatable bonds is 6. The summed E-state index contributed by atoms with van der Waals surface area (Å²) in [6.07, 6.45) is 0. The number of phosphoric acid groups is 1. The summed E-state index contributed by atoms with van der Waals surface area (Å²) in [4.78, 5) is 0. The van der Waals surface area contributed by atoms with Gasteiger partial charge in [0.1, 0.15) is 23.0 Å². The molecule has 0 atom stereocenters. The number of phosphoric ester groups is 1. The lowest BCUT2D eigenvalue weighted by Gasteiger charge is -2.20. The molecule has 0 amide bonds. The lowest BCUT2D eigenvalue weighted by atomic mass is 10.2. The van der Waals surface area contributed by atoms with Gasteiger partial charge in [-0.2, -0.15) is 4.57 Å². The summed E-state index contributed by atoms with van der Waals surface area (Å²) in [5.74, 6) is 0.921. The molecule has 0 aliphatic carbocycles. The van der Waals surface area contributed by atoms with Gasteiger partial charge in [-0.15, -0.1) is 0 Å². The Hall–Kier alpha value is -2.91. The van der Waals surface area contributed by atoms with E-state index in [2.05, 4.69) is 0 Å². The highest BCUT2D eigenvalue weighted by Gasteiger charge is 2.33. The molecule has 0 saturated carbocycles. The van der Waals surface area contributed by atoms with E-state index in [1.165, 1.54) is 6.07 Å². The van der Waals surface area contributed by atoms with Gasteiger partial charge in [-0.05, 0) is 56.7 Å². The summed E-state index contributed by atoms with van der Waals surface area (Å²) in [7, 11) is -4.06. The van der Waals surface area contributed by atoms with Crippen molar-refractivity contribution in [3.05, 3.63) is 83.4 Å². The van der Waals surface area contributed by atoms with Crippen molar-refractivity contribution >= 4 is 7.82 Å². The summed E-state index contributed by atoms with van der Waals surface area (Å²) in [5, 5.41) is 9.89. The summed E-state index contributed by atoms with van der Waals surface area (Å²) in [6.45, 7) is 5.64. The van der Waals surface area contributed by atoms with Crippen molar-refractivity contribution < 1.29 is 23.2 Å². The zero-order valence-electron chi connectivity index (χ0n) is 15.4. The molecule has 6 heteroatoms. The van der Waals surface area contributed by atoms with E-state index in [1.807, 2.05) is 38.1 Å². The first-order chi connectivity index (χ1) is 12.8. The van der Waals surface area contributed by atoms with Gasteiger partial charge in [0.15, 0.2) is 0 Å². The van der Waals surface area contributed by atoms with E-state index >= 15 is 0 Å². The molecule has 27 heavy (non-hydrogen) atoms. The third-order valence-electron chi connectivity index (χ3n) is 3.87. The molecule has 3 rings (SSSR count). The molecule has 0 spiro atoms. The molecular weight excluding hydrogens is 363 g/mol. The molecule has 0 bridgehead atoms.